The Morgan fingerprint density at radius 3 is 2.70 bits per heavy atom. The highest BCUT2D eigenvalue weighted by atomic mass is 32.2. The lowest BCUT2D eigenvalue weighted by Crippen LogP contribution is -2.69. The number of benzene rings is 3. The van der Waals surface area contributed by atoms with Crippen LogP contribution in [0.4, 0.5) is 4.79 Å². The van der Waals surface area contributed by atoms with E-state index in [4.69, 9.17) is 32.8 Å². The monoisotopic (exact) mass is 877 g/mol. The number of methoxy groups -OCH3 is 1. The molecule has 4 bridgehead atoms. The van der Waals surface area contributed by atoms with E-state index in [1.54, 1.807) is 0 Å². The van der Waals surface area contributed by atoms with Gasteiger partial charge in [-0.25, -0.2) is 9.59 Å². The Kier molecular flexibility index (Phi) is 10.0. The van der Waals surface area contributed by atoms with Gasteiger partial charge >= 0.3 is 18.0 Å². The van der Waals surface area contributed by atoms with E-state index >= 15 is 4.79 Å². The molecule has 0 radical (unpaired) electrons. The molecule has 1 spiro atoms. The Hall–Kier alpha value is -5.93. The number of hydrogen-bond acceptors (Lipinski definition) is 16. The number of likely N-dealkylation sites (N-methyl/N-ethyl adjacent to an activating group) is 1. The summed E-state index contributed by atoms with van der Waals surface area (Å²) in [5, 5.41) is 30.1. The van der Waals surface area contributed by atoms with Gasteiger partial charge in [-0.15, -0.1) is 11.8 Å². The van der Waals surface area contributed by atoms with E-state index in [0.29, 0.717) is 69.4 Å². The second kappa shape index (κ2) is 15.4. The van der Waals surface area contributed by atoms with Gasteiger partial charge in [0.05, 0.1) is 30.5 Å². The number of aryl methyl sites for hydroxylation is 1. The minimum absolute atomic E-state index is 0.0177. The molecule has 8 atom stereocenters. The Labute approximate surface area is 367 Å². The van der Waals surface area contributed by atoms with Crippen LogP contribution in [-0.4, -0.2) is 104 Å². The summed E-state index contributed by atoms with van der Waals surface area (Å²) in [6, 6.07) is 8.76. The van der Waals surface area contributed by atoms with Crippen molar-refractivity contribution in [1.82, 2.24) is 20.4 Å². The van der Waals surface area contributed by atoms with E-state index in [-0.39, 0.29) is 44.1 Å². The standard InChI is InChI=1S/C46H47N5O11S/c1-7-12-57-45(55)48-17-25-15-27-26-10-8-9-11-31(26)62-43(27)46(49-25)19-63-42-34-33(41-40(59-20-60-41)22(3)39(34)61-23(4)52)30(18-58-44(46)54)51-29(16-47)28-14-24-13-21(2)38(56-6)37(53)32(24)35(36(42)51)50(28)5/h7-11,13,25,28-30,35-36,42,49,53H,1,12,14-15,17-20H2,2-6H3,(H,48,55)/t25-,28+,29-,30-,35-,36+,42+,46+/m0/s1. The molecule has 1 amide bonds. The van der Waals surface area contributed by atoms with Crippen LogP contribution in [0, 0.1) is 25.2 Å². The lowest BCUT2D eigenvalue weighted by Gasteiger charge is -2.62. The smallest absolute Gasteiger partial charge is 0.407 e. The Morgan fingerprint density at radius 1 is 1.14 bits per heavy atom. The van der Waals surface area contributed by atoms with Crippen molar-refractivity contribution in [2.24, 2.45) is 0 Å². The summed E-state index contributed by atoms with van der Waals surface area (Å²) in [7, 11) is 3.51. The first kappa shape index (κ1) is 41.1. The van der Waals surface area contributed by atoms with Crippen molar-refractivity contribution < 1.29 is 52.3 Å². The molecule has 63 heavy (non-hydrogen) atoms. The maximum Gasteiger partial charge on any atom is 0.407 e. The number of esters is 2. The van der Waals surface area contributed by atoms with Gasteiger partial charge in [-0.05, 0) is 50.9 Å². The number of phenols is 1. The third-order valence-corrected chi connectivity index (χ3v) is 15.0. The minimum Gasteiger partial charge on any atom is -0.504 e. The van der Waals surface area contributed by atoms with Crippen LogP contribution >= 0.6 is 11.8 Å². The number of carbonyl (C=O) groups is 3. The molecule has 4 aromatic rings. The lowest BCUT2D eigenvalue weighted by atomic mass is 9.71. The summed E-state index contributed by atoms with van der Waals surface area (Å²) in [6.45, 7) is 8.48. The van der Waals surface area contributed by atoms with Crippen molar-refractivity contribution in [1.29, 1.82) is 5.26 Å². The number of para-hydroxylation sites is 1. The van der Waals surface area contributed by atoms with Gasteiger partial charge in [-0.1, -0.05) is 36.9 Å². The first-order valence-electron chi connectivity index (χ1n) is 20.9. The molecule has 11 rings (SSSR count). The molecule has 328 valence electrons. The molecule has 2 saturated heterocycles. The number of nitriles is 1. The number of thioether (sulfide) groups is 1. The zero-order valence-corrected chi connectivity index (χ0v) is 36.3. The summed E-state index contributed by atoms with van der Waals surface area (Å²) >= 11 is 1.43. The third kappa shape index (κ3) is 6.09. The van der Waals surface area contributed by atoms with E-state index in [1.807, 2.05) is 51.2 Å². The fourth-order valence-corrected chi connectivity index (χ4v) is 12.8. The van der Waals surface area contributed by atoms with E-state index in [1.165, 1.54) is 31.9 Å². The molecule has 3 aromatic carbocycles. The average Bonchev–Trinajstić information content (AvgIpc) is 3.91. The van der Waals surface area contributed by atoms with Gasteiger partial charge in [0.25, 0.3) is 0 Å². The number of furan rings is 1. The number of nitrogens with zero attached hydrogens (tertiary/aromatic N) is 3. The molecular weight excluding hydrogens is 831 g/mol. The number of amides is 1. The minimum atomic E-state index is -1.60. The Bertz CT molecular complexity index is 2660. The van der Waals surface area contributed by atoms with Gasteiger partial charge in [0.1, 0.15) is 36.3 Å². The molecule has 2 fully saturated rings. The van der Waals surface area contributed by atoms with Crippen LogP contribution < -0.4 is 29.6 Å². The molecular formula is C46H47N5O11S. The van der Waals surface area contributed by atoms with E-state index in [0.717, 1.165) is 22.1 Å². The van der Waals surface area contributed by atoms with Gasteiger partial charge in [0.2, 0.25) is 6.79 Å². The van der Waals surface area contributed by atoms with Crippen molar-refractivity contribution >= 4 is 40.8 Å². The summed E-state index contributed by atoms with van der Waals surface area (Å²) < 4.78 is 42.8. The van der Waals surface area contributed by atoms with Crippen LogP contribution in [0.1, 0.15) is 69.0 Å². The molecule has 8 heterocycles. The molecule has 3 N–H and O–H groups in total. The van der Waals surface area contributed by atoms with Gasteiger partial charge < -0.3 is 43.3 Å². The first-order chi connectivity index (χ1) is 30.4. The molecule has 1 aromatic heterocycles. The number of phenolic OH excluding ortho intramolecular Hbond substituents is 1. The van der Waals surface area contributed by atoms with E-state index < -0.39 is 59.0 Å². The molecule has 7 aliphatic rings. The predicted molar refractivity (Wildman–Crippen MR) is 228 cm³/mol. The number of aromatic hydroxyl groups is 1. The van der Waals surface area contributed by atoms with Gasteiger partial charge in [0, 0.05) is 70.6 Å². The van der Waals surface area contributed by atoms with Gasteiger partial charge in [0.15, 0.2) is 28.5 Å². The second-order valence-corrected chi connectivity index (χ2v) is 18.1. The summed E-state index contributed by atoms with van der Waals surface area (Å²) in [5.74, 6) is 0.792. The molecule has 17 heteroatoms. The maximum atomic E-state index is 15.3. The highest BCUT2D eigenvalue weighted by molar-refractivity contribution is 7.99. The molecule has 0 saturated carbocycles. The fourth-order valence-electron chi connectivity index (χ4n) is 11.1. The summed E-state index contributed by atoms with van der Waals surface area (Å²) in [5.41, 5.74) is 3.96. The zero-order valence-electron chi connectivity index (χ0n) is 35.4. The summed E-state index contributed by atoms with van der Waals surface area (Å²) in [6.07, 6.45) is 1.72. The lowest BCUT2D eigenvalue weighted by molar-refractivity contribution is -0.158. The SMILES string of the molecule is C=CCOC(=O)NC[C@@H]1Cc2c(oc3ccccc23)[C@@]2(CS[C@@H]3c4c(OC(C)=O)c(C)c5c(c4[C@H](COC2=O)N2[C@@H]3[C@@H]3c4c(cc(C)c(OC)c4O)C[C@H]([C@@H]2C#N)N3C)OCO5)N1. The van der Waals surface area contributed by atoms with Crippen LogP contribution in [0.3, 0.4) is 0 Å². The predicted octanol–water partition coefficient (Wildman–Crippen LogP) is 5.30. The van der Waals surface area contributed by atoms with E-state index in [2.05, 4.69) is 33.1 Å². The number of rotatable bonds is 6. The van der Waals surface area contributed by atoms with Crippen molar-refractivity contribution in [2.75, 3.05) is 46.5 Å². The average molecular weight is 878 g/mol. The number of alkyl carbamates (subject to hydrolysis) is 1. The first-order valence-corrected chi connectivity index (χ1v) is 22.0. The van der Waals surface area contributed by atoms with Gasteiger partial charge in [-0.2, -0.15) is 5.26 Å². The number of piperazine rings is 1. The molecule has 16 nitrogen and oxygen atoms in total. The van der Waals surface area contributed by atoms with Crippen LogP contribution in [0.2, 0.25) is 0 Å². The maximum absolute atomic E-state index is 15.3. The van der Waals surface area contributed by atoms with Crippen LogP contribution in [0.5, 0.6) is 28.7 Å². The van der Waals surface area contributed by atoms with Crippen LogP contribution in [-0.2, 0) is 37.4 Å². The second-order valence-electron chi connectivity index (χ2n) is 17.0. The Morgan fingerprint density at radius 2 is 1.94 bits per heavy atom. The molecule has 7 aliphatic heterocycles. The quantitative estimate of drug-likeness (QED) is 0.128. The normalized spacial score (nSPS) is 27.9. The highest BCUT2D eigenvalue weighted by Gasteiger charge is 2.62. The van der Waals surface area contributed by atoms with Crippen molar-refractivity contribution in [3.63, 3.8) is 0 Å². The van der Waals surface area contributed by atoms with E-state index in [9.17, 15) is 20.0 Å². The fraction of sp³-hybridized carbons (Fsp3) is 0.435. The number of carbonyl (C=O) groups excluding carboxylic acids is 3. The number of nitrogens with one attached hydrogen (secondary N) is 2. The number of ether oxygens (including phenoxy) is 6. The largest absolute Gasteiger partial charge is 0.504 e. The Balaban J connectivity index is 1.20. The molecule has 0 unspecified atom stereocenters. The zero-order chi connectivity index (χ0) is 44.1. The van der Waals surface area contributed by atoms with Crippen molar-refractivity contribution in [3.8, 4) is 34.8 Å². The topological polar surface area (TPSA) is 194 Å². The van der Waals surface area contributed by atoms with Gasteiger partial charge in [-0.3, -0.25) is 19.9 Å². The third-order valence-electron chi connectivity index (χ3n) is 13.6. The molecule has 0 aliphatic carbocycles. The summed E-state index contributed by atoms with van der Waals surface area (Å²) in [4.78, 5) is 45.4. The van der Waals surface area contributed by atoms with Crippen LogP contribution in [0.15, 0.2) is 47.4 Å². The number of hydrogen-bond donors (Lipinski definition) is 3. The van der Waals surface area contributed by atoms with Crippen molar-refractivity contribution in [3.05, 3.63) is 87.7 Å². The van der Waals surface area contributed by atoms with Crippen molar-refractivity contribution in [2.45, 2.75) is 80.7 Å². The van der Waals surface area contributed by atoms with Crippen LogP contribution in [0.25, 0.3) is 11.0 Å². The number of fused-ring (bicyclic) bond motifs is 11. The highest BCUT2D eigenvalue weighted by Crippen LogP contribution is 2.64.